The Labute approximate surface area is 226 Å². The van der Waals surface area contributed by atoms with Crippen LogP contribution in [0, 0.1) is 17.8 Å². The van der Waals surface area contributed by atoms with Crippen molar-refractivity contribution in [3.63, 3.8) is 0 Å². The quantitative estimate of drug-likeness (QED) is 0.177. The summed E-state index contributed by atoms with van der Waals surface area (Å²) in [7, 11) is 0. The number of aliphatic carboxylic acids is 1. The number of ether oxygens (including phenoxy) is 1. The summed E-state index contributed by atoms with van der Waals surface area (Å²) in [6.07, 6.45) is 1.14. The van der Waals surface area contributed by atoms with Crippen LogP contribution in [0.15, 0.2) is 22.7 Å². The molecule has 0 radical (unpaired) electrons. The van der Waals surface area contributed by atoms with Crippen molar-refractivity contribution in [3.05, 3.63) is 22.7 Å². The number of aliphatic hydroxyl groups excluding tert-OH is 1. The molecule has 0 aromatic carbocycles. The van der Waals surface area contributed by atoms with Crippen LogP contribution in [-0.2, 0) is 33.5 Å². The molecule has 180 valence electrons. The Kier molecular flexibility index (Phi) is 11.6. The summed E-state index contributed by atoms with van der Waals surface area (Å²) in [5.41, 5.74) is -0.409. The van der Waals surface area contributed by atoms with E-state index in [1.54, 1.807) is 13.8 Å². The molecule has 0 unspecified atom stereocenters. The molecule has 3 rings (SSSR count). The smallest absolute Gasteiger partial charge is 0.875 e. The molecule has 3 aliphatic rings. The molecule has 11 heteroatoms. The predicted octanol–water partition coefficient (Wildman–Crippen LogP) is 0.583. The summed E-state index contributed by atoms with van der Waals surface area (Å²) in [4.78, 5) is 68.6. The molecule has 3 fully saturated rings. The van der Waals surface area contributed by atoms with Gasteiger partial charge in [-0.2, -0.15) is 0 Å². The average molecular weight is 504 g/mol. The van der Waals surface area contributed by atoms with Crippen molar-refractivity contribution in [2.75, 3.05) is 6.61 Å². The summed E-state index contributed by atoms with van der Waals surface area (Å²) < 4.78 is 4.81. The van der Waals surface area contributed by atoms with Crippen LogP contribution in [0.3, 0.4) is 0 Å². The van der Waals surface area contributed by atoms with Gasteiger partial charge < -0.3 is 20.1 Å². The molecule has 0 atom stereocenters. The fourth-order valence-corrected chi connectivity index (χ4v) is 3.69. The molecule has 0 amide bonds. The van der Waals surface area contributed by atoms with Gasteiger partial charge in [0.25, 0.3) is 0 Å². The predicted molar refractivity (Wildman–Crippen MR) is 115 cm³/mol. The van der Waals surface area contributed by atoms with Gasteiger partial charge in [0.1, 0.15) is 5.76 Å². The fourth-order valence-electron chi connectivity index (χ4n) is 3.69. The molecule has 3 aliphatic carbocycles. The van der Waals surface area contributed by atoms with Gasteiger partial charge in [-0.05, 0) is 26.2 Å². The zero-order valence-electron chi connectivity index (χ0n) is 19.3. The van der Waals surface area contributed by atoms with E-state index in [1.807, 2.05) is 0 Å². The number of ketones is 4. The number of aliphatic hydroxyl groups is 1. The van der Waals surface area contributed by atoms with E-state index in [2.05, 4.69) is 0 Å². The molecule has 0 aromatic rings. The molecule has 3 saturated carbocycles. The van der Waals surface area contributed by atoms with Gasteiger partial charge in [0.2, 0.25) is 0 Å². The molecule has 0 spiro atoms. The number of esters is 1. The van der Waals surface area contributed by atoms with Gasteiger partial charge >= 0.3 is 49.7 Å². The van der Waals surface area contributed by atoms with Crippen molar-refractivity contribution in [3.8, 4) is 0 Å². The number of carbonyl (C=O) groups is 6. The number of carbonyl (C=O) groups excluding carboxylic acids is 5. The number of hydrogen-bond donors (Lipinski definition) is 2. The Bertz CT molecular complexity index is 901. The van der Waals surface area contributed by atoms with Gasteiger partial charge in [0, 0.05) is 37.2 Å². The first kappa shape index (κ1) is 30.0. The van der Waals surface area contributed by atoms with Gasteiger partial charge in [0.15, 0.2) is 23.1 Å². The van der Waals surface area contributed by atoms with Gasteiger partial charge in [-0.25, -0.2) is 0 Å². The van der Waals surface area contributed by atoms with Crippen LogP contribution < -0.4 is 5.11 Å². The monoisotopic (exact) mass is 503 g/mol. The van der Waals surface area contributed by atoms with Crippen molar-refractivity contribution >= 4 is 72.8 Å². The van der Waals surface area contributed by atoms with Crippen LogP contribution in [0.25, 0.3) is 0 Å². The minimum atomic E-state index is -1.17. The normalized spacial score (nSPS) is 22.3. The summed E-state index contributed by atoms with van der Waals surface area (Å²) in [6, 6.07) is 0. The Morgan fingerprint density at radius 1 is 0.824 bits per heavy atom. The van der Waals surface area contributed by atoms with Crippen LogP contribution in [-0.4, -0.2) is 89.6 Å². The number of hydrogen-bond acceptors (Lipinski definition) is 9. The number of carboxylic acid groups (broad SMARTS) is 1. The number of Topliss-reactive ketones (excluding diaryl/α,β-unsaturated/α-hetero) is 4. The maximum atomic E-state index is 11.9. The third-order valence-electron chi connectivity index (χ3n) is 5.63. The topological polar surface area (TPSA) is 175 Å². The third kappa shape index (κ3) is 7.48. The zero-order chi connectivity index (χ0) is 24.9. The van der Waals surface area contributed by atoms with Gasteiger partial charge in [-0.1, -0.05) is 6.92 Å². The molecular formula is C23H27CaO10+. The average Bonchev–Trinajstić information content (AvgIpc) is 3.58. The minimum Gasteiger partial charge on any atom is -0.875 e. The van der Waals surface area contributed by atoms with Gasteiger partial charge in [-0.15, -0.1) is 5.76 Å². The molecule has 0 saturated heterocycles. The van der Waals surface area contributed by atoms with E-state index in [1.165, 1.54) is 0 Å². The van der Waals surface area contributed by atoms with Crippen molar-refractivity contribution < 1.29 is 48.8 Å². The molecule has 0 heterocycles. The summed E-state index contributed by atoms with van der Waals surface area (Å²) in [6.45, 7) is 3.46. The molecule has 10 nitrogen and oxygen atoms in total. The minimum absolute atomic E-state index is 0. The van der Waals surface area contributed by atoms with Crippen LogP contribution in [0.1, 0.15) is 58.8 Å². The van der Waals surface area contributed by atoms with Crippen LogP contribution in [0.2, 0.25) is 0 Å². The number of rotatable bonds is 5. The van der Waals surface area contributed by atoms with Crippen molar-refractivity contribution in [1.82, 2.24) is 0 Å². The Morgan fingerprint density at radius 3 is 1.65 bits per heavy atom. The van der Waals surface area contributed by atoms with Crippen LogP contribution in [0.4, 0.5) is 0 Å². The standard InChI is InChI=1S/C13H16O5.C10H12O5.Ca/c1-2-18-13(17)8-5-9(14)11(10(15)6-8)12(16)7-3-4-7;1-2-6(11)9-7(12)3-5(10(14)15)4-8(9)13;/h7-8,16H,2-6H2,1H3;5,11H,2-4H2,1H3,(H,14,15);/q;;+2/p-1. The first-order valence-corrected chi connectivity index (χ1v) is 10.9. The van der Waals surface area contributed by atoms with Crippen molar-refractivity contribution in [1.29, 1.82) is 0 Å². The summed E-state index contributed by atoms with van der Waals surface area (Å²) in [5.74, 6) is -6.09. The Balaban J connectivity index is 0.000000336. The fraction of sp³-hybridized carbons (Fsp3) is 0.565. The summed E-state index contributed by atoms with van der Waals surface area (Å²) >= 11 is 0. The van der Waals surface area contributed by atoms with E-state index in [0.29, 0.717) is 0 Å². The Hall–Kier alpha value is -2.04. The van der Waals surface area contributed by atoms with E-state index in [4.69, 9.17) is 9.84 Å². The number of carboxylic acids is 1. The first-order valence-electron chi connectivity index (χ1n) is 10.9. The van der Waals surface area contributed by atoms with E-state index in [0.717, 1.165) is 12.8 Å². The van der Waals surface area contributed by atoms with E-state index in [-0.39, 0.29) is 99.3 Å². The Morgan fingerprint density at radius 2 is 1.26 bits per heavy atom. The third-order valence-corrected chi connectivity index (χ3v) is 5.63. The van der Waals surface area contributed by atoms with E-state index < -0.39 is 52.7 Å². The molecule has 0 aliphatic heterocycles. The molecule has 0 bridgehead atoms. The second kappa shape index (κ2) is 13.2. The molecular weight excluding hydrogens is 476 g/mol. The van der Waals surface area contributed by atoms with E-state index >= 15 is 0 Å². The second-order valence-electron chi connectivity index (χ2n) is 8.18. The zero-order valence-corrected chi connectivity index (χ0v) is 21.5. The second-order valence-corrected chi connectivity index (χ2v) is 8.18. The first-order chi connectivity index (χ1) is 15.5. The summed E-state index contributed by atoms with van der Waals surface area (Å²) in [5, 5.41) is 29.7. The number of allylic oxidation sites excluding steroid dienone is 4. The van der Waals surface area contributed by atoms with Gasteiger partial charge in [0.05, 0.1) is 24.0 Å². The SMILES string of the molecule is CCC([O-])=C1C(=O)CC(C(=O)O)CC1=O.CCOC(=O)C1CC(=O)C(=C(O)C2CC2)C(=O)C1.[Ca+2]. The maximum absolute atomic E-state index is 11.9. The molecule has 0 aromatic heterocycles. The molecule has 34 heavy (non-hydrogen) atoms. The largest absolute Gasteiger partial charge is 2.00 e. The van der Waals surface area contributed by atoms with Crippen molar-refractivity contribution in [2.45, 2.75) is 58.8 Å². The maximum Gasteiger partial charge on any atom is 2.00 e. The molecule has 2 N–H and O–H groups in total. The van der Waals surface area contributed by atoms with Crippen LogP contribution in [0.5, 0.6) is 0 Å². The van der Waals surface area contributed by atoms with E-state index in [9.17, 15) is 39.0 Å². The van der Waals surface area contributed by atoms with Crippen LogP contribution >= 0.6 is 0 Å². The van der Waals surface area contributed by atoms with Gasteiger partial charge in [-0.3, -0.25) is 28.8 Å². The van der Waals surface area contributed by atoms with Crippen molar-refractivity contribution in [2.24, 2.45) is 17.8 Å².